The lowest BCUT2D eigenvalue weighted by Gasteiger charge is -2.32. The molecule has 1 fully saturated rings. The van der Waals surface area contributed by atoms with Crippen LogP contribution in [0.3, 0.4) is 0 Å². The molecule has 2 aromatic heterocycles. The third-order valence-corrected chi connectivity index (χ3v) is 3.84. The van der Waals surface area contributed by atoms with E-state index in [1.54, 1.807) is 6.07 Å². The maximum atomic E-state index is 11.0. The van der Waals surface area contributed by atoms with E-state index < -0.39 is 5.97 Å². The van der Waals surface area contributed by atoms with Gasteiger partial charge in [-0.3, -0.25) is 5.10 Å². The predicted molar refractivity (Wildman–Crippen MR) is 78.7 cm³/mol. The number of nitrogens with one attached hydrogen (secondary N) is 1. The number of hydrogen-bond acceptors (Lipinski definition) is 4. The molecule has 6 nitrogen and oxygen atoms in total. The quantitative estimate of drug-likeness (QED) is 0.904. The Morgan fingerprint density at radius 1 is 1.48 bits per heavy atom. The molecule has 110 valence electrons. The molecule has 21 heavy (non-hydrogen) atoms. The molecule has 0 aliphatic carbocycles. The molecule has 0 spiro atoms. The van der Waals surface area contributed by atoms with Crippen LogP contribution in [0, 0.1) is 6.92 Å². The van der Waals surface area contributed by atoms with Gasteiger partial charge >= 0.3 is 5.97 Å². The fourth-order valence-electron chi connectivity index (χ4n) is 2.79. The van der Waals surface area contributed by atoms with Crippen molar-refractivity contribution in [3.05, 3.63) is 41.3 Å². The molecular weight excluding hydrogens is 268 g/mol. The molecule has 1 aliphatic rings. The number of carboxylic acids is 1. The largest absolute Gasteiger partial charge is 0.477 e. The highest BCUT2D eigenvalue weighted by Gasteiger charge is 2.24. The Balaban J connectivity index is 1.79. The summed E-state index contributed by atoms with van der Waals surface area (Å²) in [5.41, 5.74) is 2.23. The Morgan fingerprint density at radius 3 is 3.05 bits per heavy atom. The second-order valence-electron chi connectivity index (χ2n) is 5.45. The maximum Gasteiger partial charge on any atom is 0.354 e. The number of hydrogen-bond donors (Lipinski definition) is 2. The van der Waals surface area contributed by atoms with Gasteiger partial charge in [0.2, 0.25) is 0 Å². The van der Waals surface area contributed by atoms with Crippen molar-refractivity contribution in [2.24, 2.45) is 0 Å². The molecule has 1 unspecified atom stereocenters. The molecule has 2 aromatic rings. The lowest BCUT2D eigenvalue weighted by molar-refractivity contribution is 0.0690. The minimum atomic E-state index is -0.992. The van der Waals surface area contributed by atoms with Crippen LogP contribution in [0.25, 0.3) is 0 Å². The fraction of sp³-hybridized carbons (Fsp3) is 0.400. The van der Waals surface area contributed by atoms with E-state index in [9.17, 15) is 4.79 Å². The lowest BCUT2D eigenvalue weighted by atomic mass is 9.94. The molecule has 0 aromatic carbocycles. The van der Waals surface area contributed by atoms with Crippen LogP contribution >= 0.6 is 0 Å². The number of aromatic nitrogens is 3. The molecule has 0 bridgehead atoms. The van der Waals surface area contributed by atoms with Crippen molar-refractivity contribution in [2.45, 2.75) is 25.7 Å². The van der Waals surface area contributed by atoms with Crippen LogP contribution < -0.4 is 4.90 Å². The summed E-state index contributed by atoms with van der Waals surface area (Å²) >= 11 is 0. The van der Waals surface area contributed by atoms with Crippen LogP contribution in [0.5, 0.6) is 0 Å². The van der Waals surface area contributed by atoms with E-state index in [0.717, 1.165) is 43.1 Å². The maximum absolute atomic E-state index is 11.0. The summed E-state index contributed by atoms with van der Waals surface area (Å²) in [6.45, 7) is 3.71. The van der Waals surface area contributed by atoms with Crippen LogP contribution in [0.4, 0.5) is 5.82 Å². The summed E-state index contributed by atoms with van der Waals surface area (Å²) < 4.78 is 0. The lowest BCUT2D eigenvalue weighted by Crippen LogP contribution is -2.35. The Kier molecular flexibility index (Phi) is 3.60. The average Bonchev–Trinajstić information content (AvgIpc) is 2.94. The molecule has 3 heterocycles. The van der Waals surface area contributed by atoms with Gasteiger partial charge < -0.3 is 10.0 Å². The van der Waals surface area contributed by atoms with Crippen molar-refractivity contribution >= 4 is 11.8 Å². The summed E-state index contributed by atoms with van der Waals surface area (Å²) in [4.78, 5) is 17.4. The number of aromatic carboxylic acids is 1. The van der Waals surface area contributed by atoms with Crippen LogP contribution in [0.2, 0.25) is 0 Å². The van der Waals surface area contributed by atoms with Crippen molar-refractivity contribution in [3.63, 3.8) is 0 Å². The van der Waals surface area contributed by atoms with E-state index in [1.807, 2.05) is 13.0 Å². The molecule has 1 atom stereocenters. The first-order valence-electron chi connectivity index (χ1n) is 7.10. The summed E-state index contributed by atoms with van der Waals surface area (Å²) in [6, 6.07) is 7.21. The summed E-state index contributed by atoms with van der Waals surface area (Å²) in [5.74, 6) is 0.0965. The number of aromatic amines is 1. The Hall–Kier alpha value is -2.37. The Labute approximate surface area is 122 Å². The van der Waals surface area contributed by atoms with E-state index in [0.29, 0.717) is 5.92 Å². The second-order valence-corrected chi connectivity index (χ2v) is 5.45. The summed E-state index contributed by atoms with van der Waals surface area (Å²) in [7, 11) is 0. The second kappa shape index (κ2) is 5.55. The minimum Gasteiger partial charge on any atom is -0.477 e. The van der Waals surface area contributed by atoms with Gasteiger partial charge in [0, 0.05) is 24.7 Å². The zero-order valence-corrected chi connectivity index (χ0v) is 11.9. The molecule has 2 N–H and O–H groups in total. The van der Waals surface area contributed by atoms with Crippen LogP contribution in [-0.4, -0.2) is 39.3 Å². The highest BCUT2D eigenvalue weighted by molar-refractivity contribution is 5.85. The van der Waals surface area contributed by atoms with Gasteiger partial charge in [0.05, 0.1) is 5.69 Å². The van der Waals surface area contributed by atoms with Gasteiger partial charge in [-0.15, -0.1) is 0 Å². The number of pyridine rings is 1. The monoisotopic (exact) mass is 286 g/mol. The third-order valence-electron chi connectivity index (χ3n) is 3.84. The van der Waals surface area contributed by atoms with E-state index in [1.165, 1.54) is 6.07 Å². The first-order valence-corrected chi connectivity index (χ1v) is 7.10. The van der Waals surface area contributed by atoms with E-state index >= 15 is 0 Å². The summed E-state index contributed by atoms with van der Waals surface area (Å²) in [5, 5.41) is 16.4. The number of rotatable bonds is 3. The van der Waals surface area contributed by atoms with Crippen LogP contribution in [-0.2, 0) is 0 Å². The van der Waals surface area contributed by atoms with Gasteiger partial charge in [-0.05, 0) is 38.0 Å². The fourth-order valence-corrected chi connectivity index (χ4v) is 2.79. The van der Waals surface area contributed by atoms with Crippen molar-refractivity contribution in [1.29, 1.82) is 0 Å². The third kappa shape index (κ3) is 2.89. The normalized spacial score (nSPS) is 18.7. The van der Waals surface area contributed by atoms with Gasteiger partial charge in [-0.1, -0.05) is 6.07 Å². The topological polar surface area (TPSA) is 82.1 Å². The van der Waals surface area contributed by atoms with Crippen molar-refractivity contribution in [1.82, 2.24) is 15.2 Å². The summed E-state index contributed by atoms with van der Waals surface area (Å²) in [6.07, 6.45) is 2.15. The number of piperidine rings is 1. The van der Waals surface area contributed by atoms with Crippen molar-refractivity contribution < 1.29 is 9.90 Å². The zero-order valence-electron chi connectivity index (χ0n) is 11.9. The number of carboxylic acid groups (broad SMARTS) is 1. The number of anilines is 1. The average molecular weight is 286 g/mol. The first kappa shape index (κ1) is 13.6. The molecule has 1 aliphatic heterocycles. The van der Waals surface area contributed by atoms with Gasteiger partial charge in [0.15, 0.2) is 5.69 Å². The van der Waals surface area contributed by atoms with Crippen LogP contribution in [0.1, 0.15) is 40.6 Å². The number of carbonyl (C=O) groups is 1. The number of H-pyrrole nitrogens is 1. The van der Waals surface area contributed by atoms with Gasteiger partial charge in [-0.25, -0.2) is 9.78 Å². The Morgan fingerprint density at radius 2 is 2.33 bits per heavy atom. The standard InChI is InChI=1S/C15H18N4O2/c1-10-8-13(18-17-10)11-4-3-7-19(9-11)14-6-2-5-12(16-14)15(20)21/h2,5-6,8,11H,3-4,7,9H2,1H3,(H,17,18)(H,20,21). The van der Waals surface area contributed by atoms with Gasteiger partial charge in [-0.2, -0.15) is 5.10 Å². The van der Waals surface area contributed by atoms with Crippen molar-refractivity contribution in [2.75, 3.05) is 18.0 Å². The van der Waals surface area contributed by atoms with Gasteiger partial charge in [0.1, 0.15) is 5.82 Å². The molecule has 3 rings (SSSR count). The van der Waals surface area contributed by atoms with E-state index in [4.69, 9.17) is 5.11 Å². The van der Waals surface area contributed by atoms with E-state index in [-0.39, 0.29) is 5.69 Å². The zero-order chi connectivity index (χ0) is 14.8. The number of nitrogens with zero attached hydrogens (tertiary/aromatic N) is 3. The number of aryl methyl sites for hydroxylation is 1. The highest BCUT2D eigenvalue weighted by Crippen LogP contribution is 2.28. The van der Waals surface area contributed by atoms with E-state index in [2.05, 4.69) is 26.1 Å². The van der Waals surface area contributed by atoms with Crippen molar-refractivity contribution in [3.8, 4) is 0 Å². The Bertz CT molecular complexity index is 653. The molecule has 6 heteroatoms. The first-order chi connectivity index (χ1) is 10.1. The molecular formula is C15H18N4O2. The van der Waals surface area contributed by atoms with Crippen LogP contribution in [0.15, 0.2) is 24.3 Å². The molecule has 0 amide bonds. The molecule has 0 saturated carbocycles. The minimum absolute atomic E-state index is 0.0882. The van der Waals surface area contributed by atoms with Gasteiger partial charge in [0.25, 0.3) is 0 Å². The highest BCUT2D eigenvalue weighted by atomic mass is 16.4. The SMILES string of the molecule is Cc1cc(C2CCCN(c3cccc(C(=O)O)n3)C2)n[nH]1. The predicted octanol–water partition coefficient (Wildman–Crippen LogP) is 2.20. The smallest absolute Gasteiger partial charge is 0.354 e. The molecule has 1 saturated heterocycles. The molecule has 0 radical (unpaired) electrons.